The number of nitrogens with two attached hydrogens (primary N) is 1. The first-order chi connectivity index (χ1) is 14.6. The number of carbonyl (C=O) groups excluding carboxylic acids is 2. The summed E-state index contributed by atoms with van der Waals surface area (Å²) in [6.45, 7) is 0.804. The van der Waals surface area contributed by atoms with Gasteiger partial charge in [0.25, 0.3) is 5.91 Å². The lowest BCUT2D eigenvalue weighted by Gasteiger charge is -2.10. The summed E-state index contributed by atoms with van der Waals surface area (Å²) in [5.41, 5.74) is 9.83. The Balaban J connectivity index is 1.24. The third-order valence-corrected chi connectivity index (χ3v) is 5.18. The number of nitrogen functional groups attached to an aromatic ring is 1. The van der Waals surface area contributed by atoms with Gasteiger partial charge < -0.3 is 21.4 Å². The predicted molar refractivity (Wildman–Crippen MR) is 114 cm³/mol. The highest BCUT2D eigenvalue weighted by Gasteiger charge is 2.16. The van der Waals surface area contributed by atoms with E-state index in [2.05, 4.69) is 25.7 Å². The Kier molecular flexibility index (Phi) is 5.78. The van der Waals surface area contributed by atoms with Crippen LogP contribution in [0.15, 0.2) is 36.7 Å². The Morgan fingerprint density at radius 2 is 1.97 bits per heavy atom. The summed E-state index contributed by atoms with van der Waals surface area (Å²) in [5, 5.41) is 10.6. The summed E-state index contributed by atoms with van der Waals surface area (Å²) in [5.74, 6) is -0.175. The summed E-state index contributed by atoms with van der Waals surface area (Å²) in [6.07, 6.45) is 9.57. The van der Waals surface area contributed by atoms with E-state index in [0.29, 0.717) is 18.7 Å². The molecule has 1 aromatic carbocycles. The molecule has 0 radical (unpaired) electrons. The van der Waals surface area contributed by atoms with E-state index in [1.807, 2.05) is 24.3 Å². The van der Waals surface area contributed by atoms with Gasteiger partial charge in [0, 0.05) is 35.2 Å². The van der Waals surface area contributed by atoms with Crippen LogP contribution in [-0.4, -0.2) is 44.7 Å². The second kappa shape index (κ2) is 8.81. The molecule has 0 bridgehead atoms. The molecule has 156 valence electrons. The summed E-state index contributed by atoms with van der Waals surface area (Å²) in [4.78, 5) is 31.5. The fourth-order valence-corrected chi connectivity index (χ4v) is 3.73. The normalized spacial score (nSPS) is 13.5. The number of hydrogen-bond acceptors (Lipinski definition) is 5. The number of aryl methyl sites for hydroxylation is 2. The molecule has 30 heavy (non-hydrogen) atoms. The first-order valence-corrected chi connectivity index (χ1v) is 10.1. The van der Waals surface area contributed by atoms with Crippen LogP contribution in [0.5, 0.6) is 0 Å². The molecule has 2 aromatic heterocycles. The summed E-state index contributed by atoms with van der Waals surface area (Å²) < 4.78 is 1.37. The maximum Gasteiger partial charge on any atom is 0.251 e. The number of nitrogens with one attached hydrogen (secondary N) is 3. The van der Waals surface area contributed by atoms with E-state index < -0.39 is 0 Å². The average molecular weight is 407 g/mol. The molecule has 9 nitrogen and oxygen atoms in total. The van der Waals surface area contributed by atoms with E-state index in [9.17, 15) is 9.59 Å². The third kappa shape index (κ3) is 4.51. The van der Waals surface area contributed by atoms with Gasteiger partial charge in [-0.25, -0.2) is 9.67 Å². The second-order valence-electron chi connectivity index (χ2n) is 7.34. The van der Waals surface area contributed by atoms with Crippen LogP contribution in [-0.2, 0) is 24.2 Å². The number of benzene rings is 1. The van der Waals surface area contributed by atoms with Crippen molar-refractivity contribution in [2.45, 2.75) is 32.2 Å². The van der Waals surface area contributed by atoms with Crippen molar-refractivity contribution in [2.75, 3.05) is 18.8 Å². The van der Waals surface area contributed by atoms with Gasteiger partial charge in [0.1, 0.15) is 12.9 Å². The smallest absolute Gasteiger partial charge is 0.251 e. The zero-order chi connectivity index (χ0) is 20.9. The van der Waals surface area contributed by atoms with Gasteiger partial charge in [-0.3, -0.25) is 9.59 Å². The SMILES string of the molecule is Nc1ncn(CC(=O)NC/C=C/CNC(=O)c2ccc3[nH]c4c(c3c2)CCCC4)n1. The highest BCUT2D eigenvalue weighted by molar-refractivity contribution is 5.99. The topological polar surface area (TPSA) is 131 Å². The zero-order valence-corrected chi connectivity index (χ0v) is 16.6. The molecule has 1 aliphatic rings. The molecule has 0 spiro atoms. The molecule has 0 saturated carbocycles. The Labute approximate surface area is 173 Å². The van der Waals surface area contributed by atoms with Crippen molar-refractivity contribution >= 4 is 28.7 Å². The Morgan fingerprint density at radius 1 is 1.17 bits per heavy atom. The van der Waals surface area contributed by atoms with Gasteiger partial charge in [-0.1, -0.05) is 12.2 Å². The maximum atomic E-state index is 12.5. The van der Waals surface area contributed by atoms with E-state index in [-0.39, 0.29) is 24.3 Å². The molecular formula is C21H25N7O2. The minimum Gasteiger partial charge on any atom is -0.367 e. The maximum absolute atomic E-state index is 12.5. The van der Waals surface area contributed by atoms with Crippen LogP contribution in [0.3, 0.4) is 0 Å². The molecule has 9 heteroatoms. The number of amides is 2. The minimum absolute atomic E-state index is 0.0557. The van der Waals surface area contributed by atoms with Gasteiger partial charge in [-0.05, 0) is 49.4 Å². The van der Waals surface area contributed by atoms with Gasteiger partial charge in [0.15, 0.2) is 0 Å². The number of rotatable bonds is 7. The molecule has 2 amide bonds. The second-order valence-corrected chi connectivity index (χ2v) is 7.34. The number of H-pyrrole nitrogens is 1. The number of hydrogen-bond donors (Lipinski definition) is 4. The predicted octanol–water partition coefficient (Wildman–Crippen LogP) is 1.32. The molecule has 0 fully saturated rings. The van der Waals surface area contributed by atoms with E-state index in [4.69, 9.17) is 5.73 Å². The summed E-state index contributed by atoms with van der Waals surface area (Å²) >= 11 is 0. The highest BCUT2D eigenvalue weighted by atomic mass is 16.2. The highest BCUT2D eigenvalue weighted by Crippen LogP contribution is 2.29. The number of aromatic amines is 1. The van der Waals surface area contributed by atoms with Crippen molar-refractivity contribution in [3.8, 4) is 0 Å². The van der Waals surface area contributed by atoms with Crippen molar-refractivity contribution in [2.24, 2.45) is 0 Å². The first-order valence-electron chi connectivity index (χ1n) is 10.1. The molecule has 2 heterocycles. The van der Waals surface area contributed by atoms with Crippen LogP contribution in [0.2, 0.25) is 0 Å². The van der Waals surface area contributed by atoms with Gasteiger partial charge >= 0.3 is 0 Å². The van der Waals surface area contributed by atoms with Gasteiger partial charge in [0.05, 0.1) is 0 Å². The lowest BCUT2D eigenvalue weighted by Crippen LogP contribution is -2.28. The average Bonchev–Trinajstić information content (AvgIpc) is 3.32. The quantitative estimate of drug-likeness (QED) is 0.439. The Hall–Kier alpha value is -3.62. The molecule has 1 aliphatic carbocycles. The van der Waals surface area contributed by atoms with E-state index in [1.165, 1.54) is 35.1 Å². The standard InChI is InChI=1S/C21H25N7O2/c22-21-25-13-28(27-21)12-19(29)23-9-3-4-10-24-20(30)14-7-8-18-16(11-14)15-5-1-2-6-17(15)26-18/h3-4,7-8,11,13,26H,1-2,5-6,9-10,12H2,(H2,22,27)(H,23,29)(H,24,30)/b4-3+. The van der Waals surface area contributed by atoms with Crippen LogP contribution in [0, 0.1) is 0 Å². The van der Waals surface area contributed by atoms with Crippen molar-refractivity contribution in [3.63, 3.8) is 0 Å². The molecule has 5 N–H and O–H groups in total. The van der Waals surface area contributed by atoms with Crippen molar-refractivity contribution < 1.29 is 9.59 Å². The van der Waals surface area contributed by atoms with E-state index in [0.717, 1.165) is 23.7 Å². The fourth-order valence-electron chi connectivity index (χ4n) is 3.73. The molecule has 3 aromatic rings. The lowest BCUT2D eigenvalue weighted by atomic mass is 9.95. The third-order valence-electron chi connectivity index (χ3n) is 5.18. The number of nitrogens with zero attached hydrogens (tertiary/aromatic N) is 3. The summed E-state index contributed by atoms with van der Waals surface area (Å²) in [7, 11) is 0. The molecule has 0 unspecified atom stereocenters. The lowest BCUT2D eigenvalue weighted by molar-refractivity contribution is -0.121. The van der Waals surface area contributed by atoms with Crippen LogP contribution in [0.4, 0.5) is 5.95 Å². The van der Waals surface area contributed by atoms with E-state index in [1.54, 1.807) is 6.08 Å². The van der Waals surface area contributed by atoms with Crippen LogP contribution in [0.1, 0.15) is 34.5 Å². The summed E-state index contributed by atoms with van der Waals surface area (Å²) in [6, 6.07) is 5.81. The Morgan fingerprint density at radius 3 is 2.77 bits per heavy atom. The van der Waals surface area contributed by atoms with Crippen LogP contribution in [0.25, 0.3) is 10.9 Å². The largest absolute Gasteiger partial charge is 0.367 e. The Bertz CT molecular complexity index is 1100. The zero-order valence-electron chi connectivity index (χ0n) is 16.6. The van der Waals surface area contributed by atoms with Gasteiger partial charge in [-0.2, -0.15) is 0 Å². The van der Waals surface area contributed by atoms with Crippen molar-refractivity contribution in [3.05, 3.63) is 53.5 Å². The van der Waals surface area contributed by atoms with Crippen molar-refractivity contribution in [1.82, 2.24) is 30.4 Å². The fraction of sp³-hybridized carbons (Fsp3) is 0.333. The minimum atomic E-state index is -0.197. The van der Waals surface area contributed by atoms with Crippen molar-refractivity contribution in [1.29, 1.82) is 0 Å². The number of aromatic nitrogens is 4. The van der Waals surface area contributed by atoms with Gasteiger partial charge in [-0.15, -0.1) is 5.10 Å². The molecule has 0 saturated heterocycles. The monoisotopic (exact) mass is 407 g/mol. The molecule has 4 rings (SSSR count). The van der Waals surface area contributed by atoms with Crippen LogP contribution < -0.4 is 16.4 Å². The number of carbonyl (C=O) groups is 2. The van der Waals surface area contributed by atoms with Gasteiger partial charge in [0.2, 0.25) is 11.9 Å². The van der Waals surface area contributed by atoms with Crippen LogP contribution >= 0.6 is 0 Å². The van der Waals surface area contributed by atoms with E-state index >= 15 is 0 Å². The molecule has 0 atom stereocenters. The molecular weight excluding hydrogens is 382 g/mol. The first kappa shape index (κ1) is 19.7. The molecule has 0 aliphatic heterocycles. The number of fused-ring (bicyclic) bond motifs is 3. The number of anilines is 1.